The van der Waals surface area contributed by atoms with E-state index in [1.54, 1.807) is 17.0 Å². The molecule has 1 amide bonds. The van der Waals surface area contributed by atoms with Crippen molar-refractivity contribution in [3.8, 4) is 0 Å². The van der Waals surface area contributed by atoms with E-state index in [4.69, 9.17) is 16.0 Å². The topological polar surface area (TPSA) is 50.5 Å². The molecule has 2 heterocycles. The second kappa shape index (κ2) is 6.80. The lowest BCUT2D eigenvalue weighted by Crippen LogP contribution is -2.30. The van der Waals surface area contributed by atoms with Crippen LogP contribution in [0.3, 0.4) is 0 Å². The molecule has 0 radical (unpaired) electrons. The summed E-state index contributed by atoms with van der Waals surface area (Å²) in [5.74, 6) is -0.109. The van der Waals surface area contributed by atoms with Gasteiger partial charge in [0.2, 0.25) is 5.76 Å². The maximum Gasteiger partial charge on any atom is 0.290 e. The molecule has 4 rings (SSSR count). The highest BCUT2D eigenvalue weighted by molar-refractivity contribution is 9.10. The van der Waals surface area contributed by atoms with E-state index in [2.05, 4.69) is 15.9 Å². The van der Waals surface area contributed by atoms with E-state index in [-0.39, 0.29) is 17.1 Å². The largest absolute Gasteiger partial charge is 0.450 e. The molecule has 2 aromatic carbocycles. The van der Waals surface area contributed by atoms with Crippen LogP contribution in [0, 0.1) is 6.92 Å². The van der Waals surface area contributed by atoms with Gasteiger partial charge in [-0.1, -0.05) is 46.6 Å². The molecule has 0 saturated carbocycles. The summed E-state index contributed by atoms with van der Waals surface area (Å²) in [5.41, 5.74) is 2.26. The van der Waals surface area contributed by atoms with Gasteiger partial charge in [-0.25, -0.2) is 0 Å². The molecule has 1 aliphatic heterocycles. The van der Waals surface area contributed by atoms with Gasteiger partial charge in [0, 0.05) is 16.0 Å². The van der Waals surface area contributed by atoms with Gasteiger partial charge in [0.25, 0.3) is 5.91 Å². The number of hydrogen-bond acceptors (Lipinski definition) is 3. The lowest BCUT2D eigenvalue weighted by molar-refractivity contribution is 0.0728. The van der Waals surface area contributed by atoms with Gasteiger partial charge in [-0.3, -0.25) is 9.59 Å². The van der Waals surface area contributed by atoms with Crippen molar-refractivity contribution >= 4 is 44.4 Å². The van der Waals surface area contributed by atoms with Crippen LogP contribution in [0.25, 0.3) is 11.0 Å². The highest BCUT2D eigenvalue weighted by Crippen LogP contribution is 2.39. The quantitative estimate of drug-likeness (QED) is 0.536. The van der Waals surface area contributed by atoms with E-state index in [1.165, 1.54) is 0 Å². The fourth-order valence-electron chi connectivity index (χ4n) is 3.60. The Hall–Kier alpha value is -2.11. The summed E-state index contributed by atoms with van der Waals surface area (Å²) < 4.78 is 6.86. The fraction of sp³-hybridized carbons (Fsp3) is 0.238. The first-order valence-corrected chi connectivity index (χ1v) is 9.92. The Morgan fingerprint density at radius 2 is 1.89 bits per heavy atom. The second-order valence-corrected chi connectivity index (χ2v) is 8.05. The number of carbonyl (C=O) groups excluding carboxylic acids is 1. The SMILES string of the molecule is CCCN1C(=O)c2oc3cc(C)c(Cl)cc3c(=O)c2C1c1ccc(Br)cc1. The normalized spacial score (nSPS) is 16.2. The third-order valence-electron chi connectivity index (χ3n) is 4.90. The Bertz CT molecular complexity index is 1120. The van der Waals surface area contributed by atoms with E-state index < -0.39 is 6.04 Å². The lowest BCUT2D eigenvalue weighted by Gasteiger charge is -2.24. The highest BCUT2D eigenvalue weighted by Gasteiger charge is 2.42. The van der Waals surface area contributed by atoms with Crippen LogP contribution in [0.1, 0.15) is 46.6 Å². The van der Waals surface area contributed by atoms with E-state index >= 15 is 0 Å². The molecule has 1 unspecified atom stereocenters. The summed E-state index contributed by atoms with van der Waals surface area (Å²) in [5, 5.41) is 0.905. The molecule has 0 spiro atoms. The lowest BCUT2D eigenvalue weighted by atomic mass is 9.98. The minimum atomic E-state index is -0.457. The first kappa shape index (κ1) is 18.3. The first-order chi connectivity index (χ1) is 12.9. The molecule has 0 saturated heterocycles. The third-order valence-corrected chi connectivity index (χ3v) is 5.83. The van der Waals surface area contributed by atoms with Gasteiger partial charge in [-0.05, 0) is 48.7 Å². The monoisotopic (exact) mass is 445 g/mol. The Kier molecular flexibility index (Phi) is 4.60. The average molecular weight is 447 g/mol. The van der Waals surface area contributed by atoms with E-state index in [0.717, 1.165) is 22.0 Å². The van der Waals surface area contributed by atoms with Crippen molar-refractivity contribution in [2.75, 3.05) is 6.54 Å². The van der Waals surface area contributed by atoms with Crippen molar-refractivity contribution in [3.05, 3.63) is 78.6 Å². The predicted octanol–water partition coefficient (Wildman–Crippen LogP) is 5.47. The molecule has 0 aliphatic carbocycles. The van der Waals surface area contributed by atoms with Crippen LogP contribution in [0.15, 0.2) is 50.1 Å². The van der Waals surface area contributed by atoms with Crippen LogP contribution >= 0.6 is 27.5 Å². The molecule has 0 N–H and O–H groups in total. The number of fused-ring (bicyclic) bond motifs is 2. The number of aryl methyl sites for hydroxylation is 1. The van der Waals surface area contributed by atoms with Gasteiger partial charge < -0.3 is 9.32 Å². The Morgan fingerprint density at radius 3 is 2.56 bits per heavy atom. The van der Waals surface area contributed by atoms with E-state index in [1.807, 2.05) is 38.1 Å². The summed E-state index contributed by atoms with van der Waals surface area (Å²) in [4.78, 5) is 28.1. The Balaban J connectivity index is 2.02. The number of nitrogens with zero attached hydrogens (tertiary/aromatic N) is 1. The van der Waals surface area contributed by atoms with Crippen LogP contribution in [0.4, 0.5) is 0 Å². The van der Waals surface area contributed by atoms with Crippen LogP contribution in [-0.2, 0) is 0 Å². The van der Waals surface area contributed by atoms with Gasteiger partial charge in [0.05, 0.1) is 17.0 Å². The predicted molar refractivity (Wildman–Crippen MR) is 110 cm³/mol. The molecule has 6 heteroatoms. The summed E-state index contributed by atoms with van der Waals surface area (Å²) in [6.45, 7) is 4.38. The Morgan fingerprint density at radius 1 is 1.19 bits per heavy atom. The maximum absolute atomic E-state index is 13.3. The molecular weight excluding hydrogens is 430 g/mol. The van der Waals surface area contributed by atoms with E-state index in [0.29, 0.717) is 28.1 Å². The van der Waals surface area contributed by atoms with Crippen molar-refractivity contribution in [2.45, 2.75) is 26.3 Å². The van der Waals surface area contributed by atoms with Crippen molar-refractivity contribution in [1.82, 2.24) is 4.90 Å². The van der Waals surface area contributed by atoms with Crippen molar-refractivity contribution in [2.24, 2.45) is 0 Å². The van der Waals surface area contributed by atoms with Crippen molar-refractivity contribution in [3.63, 3.8) is 0 Å². The molecule has 1 atom stereocenters. The van der Waals surface area contributed by atoms with Gasteiger partial charge >= 0.3 is 0 Å². The molecular formula is C21H17BrClNO3. The maximum atomic E-state index is 13.3. The molecule has 138 valence electrons. The van der Waals surface area contributed by atoms with Crippen LogP contribution < -0.4 is 5.43 Å². The smallest absolute Gasteiger partial charge is 0.290 e. The number of carbonyl (C=O) groups is 1. The average Bonchev–Trinajstić information content (AvgIpc) is 2.91. The van der Waals surface area contributed by atoms with Crippen molar-refractivity contribution < 1.29 is 9.21 Å². The summed E-state index contributed by atoms with van der Waals surface area (Å²) in [6, 6.07) is 10.5. The number of benzene rings is 2. The number of rotatable bonds is 3. The highest BCUT2D eigenvalue weighted by atomic mass is 79.9. The zero-order valence-corrected chi connectivity index (χ0v) is 17.2. The zero-order valence-electron chi connectivity index (χ0n) is 14.9. The summed E-state index contributed by atoms with van der Waals surface area (Å²) >= 11 is 9.66. The second-order valence-electron chi connectivity index (χ2n) is 6.72. The number of amides is 1. The van der Waals surface area contributed by atoms with E-state index in [9.17, 15) is 9.59 Å². The van der Waals surface area contributed by atoms with Gasteiger partial charge in [0.15, 0.2) is 5.43 Å². The van der Waals surface area contributed by atoms with Crippen LogP contribution in [0.2, 0.25) is 5.02 Å². The minimum absolute atomic E-state index is 0.135. The van der Waals surface area contributed by atoms with Crippen molar-refractivity contribution in [1.29, 1.82) is 0 Å². The third kappa shape index (κ3) is 2.89. The molecule has 0 bridgehead atoms. The standard InChI is InChI=1S/C21H17BrClNO3/c1-3-8-24-18(12-4-6-13(22)7-5-12)17-19(25)14-10-15(23)11(2)9-16(14)27-20(17)21(24)26/h4-7,9-10,18H,3,8H2,1-2H3. The summed E-state index contributed by atoms with van der Waals surface area (Å²) in [6.07, 6.45) is 0.783. The minimum Gasteiger partial charge on any atom is -0.450 e. The van der Waals surface area contributed by atoms with Crippen LogP contribution in [-0.4, -0.2) is 17.4 Å². The van der Waals surface area contributed by atoms with Crippen LogP contribution in [0.5, 0.6) is 0 Å². The Labute approximate surface area is 169 Å². The molecule has 27 heavy (non-hydrogen) atoms. The molecule has 3 aromatic rings. The molecule has 4 nitrogen and oxygen atoms in total. The van der Waals surface area contributed by atoms with Gasteiger partial charge in [-0.2, -0.15) is 0 Å². The molecule has 1 aliphatic rings. The molecule has 1 aromatic heterocycles. The number of hydrogen-bond donors (Lipinski definition) is 0. The molecule has 0 fully saturated rings. The summed E-state index contributed by atoms with van der Waals surface area (Å²) in [7, 11) is 0. The first-order valence-electron chi connectivity index (χ1n) is 8.75. The van der Waals surface area contributed by atoms with Gasteiger partial charge in [0.1, 0.15) is 5.58 Å². The fourth-order valence-corrected chi connectivity index (χ4v) is 4.03. The zero-order chi connectivity index (χ0) is 19.3. The number of halogens is 2. The van der Waals surface area contributed by atoms with Gasteiger partial charge in [-0.15, -0.1) is 0 Å².